The molecule has 0 fully saturated rings. The molecule has 0 aliphatic heterocycles. The van der Waals surface area contributed by atoms with E-state index in [4.69, 9.17) is 11.6 Å². The molecule has 120 valence electrons. The number of nitrogens with one attached hydrogen (secondary N) is 2. The first-order valence-corrected chi connectivity index (χ1v) is 7.44. The van der Waals surface area contributed by atoms with Gasteiger partial charge in [-0.1, -0.05) is 48.0 Å². The summed E-state index contributed by atoms with van der Waals surface area (Å²) in [6.07, 6.45) is -0.881. The van der Waals surface area contributed by atoms with E-state index in [0.717, 1.165) is 5.56 Å². The van der Waals surface area contributed by atoms with Gasteiger partial charge in [-0.3, -0.25) is 9.59 Å². The van der Waals surface area contributed by atoms with Gasteiger partial charge in [-0.25, -0.2) is 0 Å². The van der Waals surface area contributed by atoms with E-state index in [0.29, 0.717) is 16.3 Å². The molecule has 0 saturated carbocycles. The van der Waals surface area contributed by atoms with Crippen molar-refractivity contribution in [2.75, 3.05) is 11.9 Å². The molecule has 5 nitrogen and oxygen atoms in total. The summed E-state index contributed by atoms with van der Waals surface area (Å²) in [7, 11) is 0. The van der Waals surface area contributed by atoms with E-state index in [1.54, 1.807) is 36.4 Å². The lowest BCUT2D eigenvalue weighted by molar-refractivity contribution is -0.136. The molecule has 0 bridgehead atoms. The molecular weight excluding hydrogens is 316 g/mol. The number of amides is 2. The molecule has 0 aliphatic rings. The number of benzene rings is 2. The molecular formula is C17H17ClN2O3. The summed E-state index contributed by atoms with van der Waals surface area (Å²) < 4.78 is 0. The van der Waals surface area contributed by atoms with Gasteiger partial charge in [0.05, 0.1) is 16.8 Å². The zero-order valence-electron chi connectivity index (χ0n) is 12.5. The van der Waals surface area contributed by atoms with E-state index >= 15 is 0 Å². The average molecular weight is 333 g/mol. The molecule has 0 unspecified atom stereocenters. The highest BCUT2D eigenvalue weighted by Crippen LogP contribution is 2.20. The van der Waals surface area contributed by atoms with Gasteiger partial charge in [0.25, 0.3) is 0 Å². The first-order chi connectivity index (χ1) is 11.0. The van der Waals surface area contributed by atoms with E-state index in [2.05, 4.69) is 10.6 Å². The number of hydrogen-bond donors (Lipinski definition) is 3. The van der Waals surface area contributed by atoms with Crippen LogP contribution < -0.4 is 10.6 Å². The molecule has 0 heterocycles. The van der Waals surface area contributed by atoms with Crippen molar-refractivity contribution in [3.8, 4) is 0 Å². The number of aliphatic hydroxyl groups is 1. The average Bonchev–Trinajstić information content (AvgIpc) is 2.54. The Bertz CT molecular complexity index is 718. The van der Waals surface area contributed by atoms with Crippen LogP contribution in [0.3, 0.4) is 0 Å². The summed E-state index contributed by atoms with van der Waals surface area (Å²) >= 11 is 5.91. The lowest BCUT2D eigenvalue weighted by Gasteiger charge is -2.14. The third-order valence-electron chi connectivity index (χ3n) is 3.33. The monoisotopic (exact) mass is 332 g/mol. The second-order valence-corrected chi connectivity index (χ2v) is 5.42. The minimum Gasteiger partial charge on any atom is -0.387 e. The van der Waals surface area contributed by atoms with Crippen LogP contribution in [0.2, 0.25) is 5.02 Å². The van der Waals surface area contributed by atoms with Crippen molar-refractivity contribution in [2.45, 2.75) is 13.0 Å². The summed E-state index contributed by atoms with van der Waals surface area (Å²) in [5.41, 5.74) is 1.97. The summed E-state index contributed by atoms with van der Waals surface area (Å²) in [5, 5.41) is 15.3. The van der Waals surface area contributed by atoms with Crippen LogP contribution in [0.25, 0.3) is 0 Å². The summed E-state index contributed by atoms with van der Waals surface area (Å²) in [6.45, 7) is 1.81. The van der Waals surface area contributed by atoms with Crippen molar-refractivity contribution in [3.63, 3.8) is 0 Å². The normalized spacial score (nSPS) is 11.6. The van der Waals surface area contributed by atoms with Crippen molar-refractivity contribution >= 4 is 29.1 Å². The van der Waals surface area contributed by atoms with Crippen LogP contribution in [-0.2, 0) is 9.59 Å². The SMILES string of the molecule is Cc1ccccc1[C@H](O)CNC(=O)C(=O)Nc1ccccc1Cl. The van der Waals surface area contributed by atoms with Crippen molar-refractivity contribution in [3.05, 3.63) is 64.7 Å². The number of halogens is 1. The maximum absolute atomic E-state index is 11.8. The van der Waals surface area contributed by atoms with Crippen molar-refractivity contribution in [1.82, 2.24) is 5.32 Å². The predicted molar refractivity (Wildman–Crippen MR) is 89.2 cm³/mol. The number of aliphatic hydroxyl groups excluding tert-OH is 1. The Morgan fingerprint density at radius 2 is 1.74 bits per heavy atom. The minimum atomic E-state index is -0.881. The Hall–Kier alpha value is -2.37. The molecule has 0 spiro atoms. The first-order valence-electron chi connectivity index (χ1n) is 7.06. The molecule has 2 aromatic carbocycles. The lowest BCUT2D eigenvalue weighted by Crippen LogP contribution is -2.37. The quantitative estimate of drug-likeness (QED) is 0.752. The highest BCUT2D eigenvalue weighted by Gasteiger charge is 2.17. The number of rotatable bonds is 4. The van der Waals surface area contributed by atoms with Gasteiger partial charge in [-0.15, -0.1) is 0 Å². The molecule has 0 aliphatic carbocycles. The Kier molecular flexibility index (Phi) is 5.73. The third-order valence-corrected chi connectivity index (χ3v) is 3.66. The van der Waals surface area contributed by atoms with Crippen molar-refractivity contribution in [2.24, 2.45) is 0 Å². The van der Waals surface area contributed by atoms with Gasteiger partial charge in [-0.2, -0.15) is 0 Å². The number of anilines is 1. The number of aryl methyl sites for hydroxylation is 1. The van der Waals surface area contributed by atoms with Gasteiger partial charge in [0.15, 0.2) is 0 Å². The number of carbonyl (C=O) groups excluding carboxylic acids is 2. The molecule has 2 amide bonds. The standard InChI is InChI=1S/C17H17ClN2O3/c1-11-6-2-3-7-12(11)15(21)10-19-16(22)17(23)20-14-9-5-4-8-13(14)18/h2-9,15,21H,10H2,1H3,(H,19,22)(H,20,23)/t15-/m1/s1. The molecule has 3 N–H and O–H groups in total. The fourth-order valence-corrected chi connectivity index (χ4v) is 2.26. The van der Waals surface area contributed by atoms with Gasteiger partial charge in [-0.05, 0) is 30.2 Å². The van der Waals surface area contributed by atoms with Gasteiger partial charge in [0, 0.05) is 6.54 Å². The van der Waals surface area contributed by atoms with Gasteiger partial charge < -0.3 is 15.7 Å². The highest BCUT2D eigenvalue weighted by atomic mass is 35.5. The van der Waals surface area contributed by atoms with E-state index < -0.39 is 17.9 Å². The van der Waals surface area contributed by atoms with Crippen molar-refractivity contribution in [1.29, 1.82) is 0 Å². The van der Waals surface area contributed by atoms with Crippen molar-refractivity contribution < 1.29 is 14.7 Å². The van der Waals surface area contributed by atoms with Gasteiger partial charge in [0.1, 0.15) is 0 Å². The number of hydrogen-bond acceptors (Lipinski definition) is 3. The van der Waals surface area contributed by atoms with Crippen LogP contribution in [0, 0.1) is 6.92 Å². The zero-order chi connectivity index (χ0) is 16.8. The maximum Gasteiger partial charge on any atom is 0.313 e. The fourth-order valence-electron chi connectivity index (χ4n) is 2.08. The molecule has 0 aromatic heterocycles. The zero-order valence-corrected chi connectivity index (χ0v) is 13.3. The summed E-state index contributed by atoms with van der Waals surface area (Å²) in [4.78, 5) is 23.6. The van der Waals surface area contributed by atoms with Crippen LogP contribution in [-0.4, -0.2) is 23.5 Å². The first kappa shape index (κ1) is 17.0. The fraction of sp³-hybridized carbons (Fsp3) is 0.176. The van der Waals surface area contributed by atoms with Crippen LogP contribution in [0.5, 0.6) is 0 Å². The number of carbonyl (C=O) groups is 2. The summed E-state index contributed by atoms with van der Waals surface area (Å²) in [6, 6.07) is 13.9. The Balaban J connectivity index is 1.91. The largest absolute Gasteiger partial charge is 0.387 e. The molecule has 1 atom stereocenters. The Morgan fingerprint density at radius 3 is 2.43 bits per heavy atom. The Morgan fingerprint density at radius 1 is 1.09 bits per heavy atom. The third kappa shape index (κ3) is 4.55. The highest BCUT2D eigenvalue weighted by molar-refractivity contribution is 6.41. The molecule has 0 saturated heterocycles. The van der Waals surface area contributed by atoms with Gasteiger partial charge in [0.2, 0.25) is 0 Å². The smallest absolute Gasteiger partial charge is 0.313 e. The maximum atomic E-state index is 11.8. The summed E-state index contributed by atoms with van der Waals surface area (Å²) in [5.74, 6) is -1.67. The van der Waals surface area contributed by atoms with E-state index in [1.807, 2.05) is 19.1 Å². The lowest BCUT2D eigenvalue weighted by atomic mass is 10.0. The number of para-hydroxylation sites is 1. The van der Waals surface area contributed by atoms with E-state index in [-0.39, 0.29) is 6.54 Å². The predicted octanol–water partition coefficient (Wildman–Crippen LogP) is 2.44. The molecule has 0 radical (unpaired) electrons. The molecule has 6 heteroatoms. The van der Waals surface area contributed by atoms with Crippen LogP contribution in [0.1, 0.15) is 17.2 Å². The van der Waals surface area contributed by atoms with Gasteiger partial charge >= 0.3 is 11.8 Å². The second kappa shape index (κ2) is 7.76. The van der Waals surface area contributed by atoms with Crippen LogP contribution >= 0.6 is 11.6 Å². The van der Waals surface area contributed by atoms with Crippen LogP contribution in [0.15, 0.2) is 48.5 Å². The molecule has 2 aromatic rings. The molecule has 23 heavy (non-hydrogen) atoms. The van der Waals surface area contributed by atoms with E-state index in [9.17, 15) is 14.7 Å². The second-order valence-electron chi connectivity index (χ2n) is 5.02. The topological polar surface area (TPSA) is 78.4 Å². The Labute approximate surface area is 139 Å². The van der Waals surface area contributed by atoms with E-state index in [1.165, 1.54) is 0 Å². The molecule has 2 rings (SSSR count). The minimum absolute atomic E-state index is 0.0559. The van der Waals surface area contributed by atoms with Crippen LogP contribution in [0.4, 0.5) is 5.69 Å².